The van der Waals surface area contributed by atoms with E-state index in [1.807, 2.05) is 30.0 Å². The maximum Gasteiger partial charge on any atom is 0.412 e. The second-order valence-electron chi connectivity index (χ2n) is 23.0. The number of cyclic esters (lactones) is 1. The van der Waals surface area contributed by atoms with E-state index in [4.69, 9.17) is 55.9 Å². The van der Waals surface area contributed by atoms with Crippen LogP contribution in [-0.2, 0) is 38.6 Å². The van der Waals surface area contributed by atoms with Gasteiger partial charge in [-0.2, -0.15) is 20.5 Å². The summed E-state index contributed by atoms with van der Waals surface area (Å²) in [6, 6.07) is 15.4. The standard InChI is InChI=1S/C61H60ClF2N9O8S.C2H3N.CH4O/c1-8-34-38-24-33(12-15-45(38)66-50-41(34)28-73-46(50)26-37-35(9-2)57(76)78-29-42(37)56(73)75)80-32(4)31(3)55(74)71-22-20-70(21-23-71)53-39-25-43(62)48(49(64)51(39)67-58(68-53)79-30-61-16-10-18-72(61)19-11-17-61)36-13-14-44(63)52-47(36)40(27-65)54(82-52)69-59(77)81-60(5,6)7;1-2-3;1-2/h12-15,24-26,32,35H,3,8-11,16-23,28-30H2,1-2,4-7H3,(H,69,77);1H3;2H,1H3. The monoisotopic (exact) mass is 1220 g/mol. The minimum atomic E-state index is -0.859. The zero-order valence-electron chi connectivity index (χ0n) is 49.8. The molecule has 2 N–H and O–H groups in total. The number of nitriles is 2. The van der Waals surface area contributed by atoms with E-state index in [1.165, 1.54) is 13.0 Å². The summed E-state index contributed by atoms with van der Waals surface area (Å²) in [6.45, 7) is 20.0. The third-order valence-electron chi connectivity index (χ3n) is 16.8. The molecule has 12 rings (SSSR count). The molecule has 23 heteroatoms. The first-order valence-electron chi connectivity index (χ1n) is 29.0. The number of aromatic nitrogens is 4. The number of nitrogens with one attached hydrogen (secondary N) is 1. The highest BCUT2D eigenvalue weighted by atomic mass is 35.5. The molecule has 2 unspecified atom stereocenters. The first-order chi connectivity index (χ1) is 41.7. The molecule has 2 amide bonds. The smallest absolute Gasteiger partial charge is 0.412 e. The minimum absolute atomic E-state index is 0.00445. The molecule has 9 heterocycles. The van der Waals surface area contributed by atoms with Crippen LogP contribution in [0.25, 0.3) is 54.4 Å². The number of ether oxygens (including phenoxy) is 4. The van der Waals surface area contributed by atoms with Gasteiger partial charge in [0.2, 0.25) is 0 Å². The zero-order chi connectivity index (χ0) is 62.4. The van der Waals surface area contributed by atoms with Crippen LogP contribution in [-0.4, -0.2) is 123 Å². The van der Waals surface area contributed by atoms with Crippen LogP contribution in [0.1, 0.15) is 114 Å². The number of thiophene rings is 1. The summed E-state index contributed by atoms with van der Waals surface area (Å²) in [5.74, 6) is -1.80. The average Bonchev–Trinajstić information content (AvgIpc) is 1.72. The third-order valence-corrected chi connectivity index (χ3v) is 18.2. The molecule has 0 spiro atoms. The molecule has 0 aliphatic carbocycles. The SMILES string of the molecule is C=C(C(=O)N1CCN(c2nc(OCC34CCCN3CCC4)nc3c(F)c(-c4ccc(F)c5sc(NC(=O)OC(C)(C)C)c(C#N)c45)c(Cl)cc23)CC1)C(C)Oc1ccc2nc3c(c(CC)c2c1)Cn1c-3cc2c(c1=O)COC(=O)C2CC.CC#N.CO. The number of hydrogen-bond donors (Lipinski definition) is 2. The second-order valence-corrected chi connectivity index (χ2v) is 24.4. The predicted molar refractivity (Wildman–Crippen MR) is 328 cm³/mol. The Labute approximate surface area is 510 Å². The highest BCUT2D eigenvalue weighted by Gasteiger charge is 2.45. The summed E-state index contributed by atoms with van der Waals surface area (Å²) < 4.78 is 58.9. The lowest BCUT2D eigenvalue weighted by Crippen LogP contribution is -2.50. The van der Waals surface area contributed by atoms with E-state index in [2.05, 4.69) is 29.8 Å². The van der Waals surface area contributed by atoms with E-state index in [0.717, 1.165) is 91.0 Å². The van der Waals surface area contributed by atoms with E-state index in [1.54, 1.807) is 55.4 Å². The number of carbonyl (C=O) groups excluding carboxylic acids is 3. The van der Waals surface area contributed by atoms with Gasteiger partial charge in [-0.05, 0) is 132 Å². The number of aliphatic hydroxyl groups excluding tert-OH is 1. The number of aryl methyl sites for hydroxylation is 1. The number of piperazine rings is 1. The number of pyridine rings is 2. The number of nitrogens with zero attached hydrogens (tertiary/aromatic N) is 9. The van der Waals surface area contributed by atoms with Gasteiger partial charge in [0.15, 0.2) is 5.82 Å². The molecule has 7 aromatic rings. The fraction of sp³-hybridized carbons (Fsp3) is 0.422. The largest absolute Gasteiger partial charge is 0.486 e. The van der Waals surface area contributed by atoms with Crippen molar-refractivity contribution in [1.29, 1.82) is 10.5 Å². The molecule has 3 fully saturated rings. The Morgan fingerprint density at radius 3 is 2.37 bits per heavy atom. The Hall–Kier alpha value is -8.28. The van der Waals surface area contributed by atoms with Gasteiger partial charge in [-0.25, -0.2) is 18.6 Å². The molecule has 5 aliphatic heterocycles. The van der Waals surface area contributed by atoms with E-state index in [-0.39, 0.29) is 115 Å². The van der Waals surface area contributed by atoms with Crippen LogP contribution in [0, 0.1) is 34.3 Å². The van der Waals surface area contributed by atoms with Crippen molar-refractivity contribution >= 4 is 83.6 Å². The van der Waals surface area contributed by atoms with Gasteiger partial charge in [0.05, 0.1) is 61.8 Å². The molecule has 454 valence electrons. The van der Waals surface area contributed by atoms with Gasteiger partial charge in [0, 0.05) is 73.1 Å². The average molecular weight is 1230 g/mol. The Balaban J connectivity index is 0.00000163. The van der Waals surface area contributed by atoms with Crippen LogP contribution >= 0.6 is 22.9 Å². The fourth-order valence-electron chi connectivity index (χ4n) is 12.8. The van der Waals surface area contributed by atoms with Crippen molar-refractivity contribution in [2.24, 2.45) is 0 Å². The predicted octanol–water partition coefficient (Wildman–Crippen LogP) is 11.3. The van der Waals surface area contributed by atoms with Gasteiger partial charge < -0.3 is 38.4 Å². The van der Waals surface area contributed by atoms with Crippen molar-refractivity contribution in [2.45, 2.75) is 123 Å². The molecule has 3 saturated heterocycles. The van der Waals surface area contributed by atoms with E-state index < -0.39 is 35.4 Å². The molecule has 2 atom stereocenters. The number of hydrogen-bond acceptors (Lipinski definition) is 17. The lowest BCUT2D eigenvalue weighted by Gasteiger charge is -2.37. The van der Waals surface area contributed by atoms with Crippen LogP contribution in [0.15, 0.2) is 59.4 Å². The molecular formula is C64H67ClF2N10O9S. The number of aliphatic hydroxyl groups is 1. The normalized spacial score (nSPS) is 16.9. The number of anilines is 2. The molecule has 0 radical (unpaired) electrons. The molecule has 0 saturated carbocycles. The number of halogens is 3. The Morgan fingerprint density at radius 1 is 0.989 bits per heavy atom. The summed E-state index contributed by atoms with van der Waals surface area (Å²) in [6.07, 6.45) is 3.56. The summed E-state index contributed by atoms with van der Waals surface area (Å²) >= 11 is 7.92. The molecule has 19 nitrogen and oxygen atoms in total. The van der Waals surface area contributed by atoms with Gasteiger partial charge in [-0.15, -0.1) is 11.3 Å². The number of rotatable bonds is 12. The Bertz CT molecular complexity index is 4100. The molecule has 87 heavy (non-hydrogen) atoms. The van der Waals surface area contributed by atoms with E-state index in [0.29, 0.717) is 54.4 Å². The third kappa shape index (κ3) is 11.4. The Morgan fingerprint density at radius 2 is 1.70 bits per heavy atom. The van der Waals surface area contributed by atoms with Crippen LogP contribution in [0.5, 0.6) is 11.8 Å². The number of amides is 2. The van der Waals surface area contributed by atoms with Gasteiger partial charge in [-0.1, -0.05) is 38.1 Å². The van der Waals surface area contributed by atoms with Gasteiger partial charge in [0.1, 0.15) is 58.9 Å². The zero-order valence-corrected chi connectivity index (χ0v) is 51.4. The highest BCUT2D eigenvalue weighted by Crippen LogP contribution is 2.48. The van der Waals surface area contributed by atoms with Crippen molar-refractivity contribution in [3.8, 4) is 46.4 Å². The topological polar surface area (TPSA) is 238 Å². The van der Waals surface area contributed by atoms with Crippen LogP contribution in [0.4, 0.5) is 24.4 Å². The first-order valence-corrected chi connectivity index (χ1v) is 30.2. The fourth-order valence-corrected chi connectivity index (χ4v) is 14.1. The number of fused-ring (bicyclic) bond motifs is 8. The molecular weight excluding hydrogens is 1160 g/mol. The van der Waals surface area contributed by atoms with Gasteiger partial charge >= 0.3 is 18.1 Å². The molecule has 5 aliphatic rings. The number of esters is 1. The molecule has 0 bridgehead atoms. The summed E-state index contributed by atoms with van der Waals surface area (Å²) in [5, 5.41) is 28.5. The maximum absolute atomic E-state index is 17.7. The number of carbonyl (C=O) groups is 3. The van der Waals surface area contributed by atoms with Crippen LogP contribution in [0.3, 0.4) is 0 Å². The maximum atomic E-state index is 17.7. The van der Waals surface area contributed by atoms with Crippen molar-refractivity contribution < 1.29 is 47.2 Å². The lowest BCUT2D eigenvalue weighted by atomic mass is 9.90. The van der Waals surface area contributed by atoms with E-state index in [9.17, 15) is 24.4 Å². The summed E-state index contributed by atoms with van der Waals surface area (Å²) in [5.41, 5.74) is 4.10. The second kappa shape index (κ2) is 24.8. The van der Waals surface area contributed by atoms with Crippen molar-refractivity contribution in [3.05, 3.63) is 109 Å². The van der Waals surface area contributed by atoms with Crippen molar-refractivity contribution in [1.82, 2.24) is 29.3 Å². The minimum Gasteiger partial charge on any atom is -0.486 e. The number of benzene rings is 3. The van der Waals surface area contributed by atoms with Crippen LogP contribution < -0.4 is 25.2 Å². The highest BCUT2D eigenvalue weighted by molar-refractivity contribution is 7.23. The molecule has 3 aromatic carbocycles. The van der Waals surface area contributed by atoms with Crippen molar-refractivity contribution in [2.75, 3.05) is 63.2 Å². The van der Waals surface area contributed by atoms with Crippen LogP contribution in [0.2, 0.25) is 5.02 Å². The Kier molecular flexibility index (Phi) is 17.6. The lowest BCUT2D eigenvalue weighted by molar-refractivity contribution is -0.148. The molecule has 4 aromatic heterocycles. The quantitative estimate of drug-likeness (QED) is 0.0854. The van der Waals surface area contributed by atoms with Gasteiger partial charge in [0.25, 0.3) is 11.5 Å². The van der Waals surface area contributed by atoms with E-state index >= 15 is 8.78 Å². The summed E-state index contributed by atoms with van der Waals surface area (Å²) in [4.78, 5) is 74.5. The summed E-state index contributed by atoms with van der Waals surface area (Å²) in [7, 11) is 1.00. The van der Waals surface area contributed by atoms with Crippen molar-refractivity contribution in [3.63, 3.8) is 0 Å². The van der Waals surface area contributed by atoms with Gasteiger partial charge in [-0.3, -0.25) is 24.6 Å². The first kappa shape index (κ1) is 61.8.